The van der Waals surface area contributed by atoms with Gasteiger partial charge in [-0.3, -0.25) is 9.69 Å². The van der Waals surface area contributed by atoms with Gasteiger partial charge in [0.1, 0.15) is 0 Å². The molecule has 4 heteroatoms. The third-order valence-corrected chi connectivity index (χ3v) is 7.89. The summed E-state index contributed by atoms with van der Waals surface area (Å²) >= 11 is 0. The van der Waals surface area contributed by atoms with Gasteiger partial charge in [0.25, 0.3) is 0 Å². The standard InChI is InChI=1S/C31H41NO3/c1-24-19-21-32(22-20-24)29-17-18-30(28(29)11-7-2-3-8-12-31(33)34)35-23-25-13-15-27(16-14-25)26-9-5-4-6-10-26/h2-6,9-10,13-16,24,28-30H,7-8,11-12,17-23H2,1H3,(H,33,34)/b3-2-/t28-,29+,30+/m1/s1. The number of hydrogen-bond donors (Lipinski definition) is 1. The maximum Gasteiger partial charge on any atom is 0.303 e. The average molecular weight is 476 g/mol. The van der Waals surface area contributed by atoms with Crippen molar-refractivity contribution >= 4 is 5.97 Å². The van der Waals surface area contributed by atoms with Crippen LogP contribution >= 0.6 is 0 Å². The zero-order valence-corrected chi connectivity index (χ0v) is 21.1. The third-order valence-electron chi connectivity index (χ3n) is 7.89. The van der Waals surface area contributed by atoms with Gasteiger partial charge in [-0.2, -0.15) is 0 Å². The number of carbonyl (C=O) groups is 1. The number of carboxylic acids is 1. The first-order valence-corrected chi connectivity index (χ1v) is 13.5. The minimum absolute atomic E-state index is 0.212. The second-order valence-corrected chi connectivity index (χ2v) is 10.4. The summed E-state index contributed by atoms with van der Waals surface area (Å²) in [7, 11) is 0. The van der Waals surface area contributed by atoms with Crippen LogP contribution in [0.1, 0.15) is 63.9 Å². The highest BCUT2D eigenvalue weighted by molar-refractivity contribution is 5.66. The van der Waals surface area contributed by atoms with Crippen LogP contribution < -0.4 is 0 Å². The van der Waals surface area contributed by atoms with Crippen molar-refractivity contribution in [2.45, 2.75) is 77.0 Å². The van der Waals surface area contributed by atoms with Crippen molar-refractivity contribution in [2.75, 3.05) is 13.1 Å². The van der Waals surface area contributed by atoms with Crippen molar-refractivity contribution in [3.8, 4) is 11.1 Å². The molecule has 0 amide bonds. The second-order valence-electron chi connectivity index (χ2n) is 10.4. The van der Waals surface area contributed by atoms with Crippen LogP contribution in [0.5, 0.6) is 0 Å². The van der Waals surface area contributed by atoms with Gasteiger partial charge in [-0.25, -0.2) is 0 Å². The maximum atomic E-state index is 10.7. The SMILES string of the molecule is CC1CCN([C@H]2CC[C@H](OCc3ccc(-c4ccccc4)cc3)[C@@H]2CC/C=C\CCC(=O)O)CC1. The largest absolute Gasteiger partial charge is 0.481 e. The first-order valence-electron chi connectivity index (χ1n) is 13.5. The summed E-state index contributed by atoms with van der Waals surface area (Å²) in [6, 6.07) is 19.9. The van der Waals surface area contributed by atoms with Crippen LogP contribution in [-0.4, -0.2) is 41.2 Å². The molecule has 3 atom stereocenters. The fourth-order valence-electron chi connectivity index (χ4n) is 5.77. The molecular weight excluding hydrogens is 434 g/mol. The molecule has 1 aliphatic heterocycles. The summed E-state index contributed by atoms with van der Waals surface area (Å²) in [5.74, 6) is 0.653. The Labute approximate surface area is 211 Å². The monoisotopic (exact) mass is 475 g/mol. The van der Waals surface area contributed by atoms with Crippen LogP contribution in [0.15, 0.2) is 66.7 Å². The number of carboxylic acid groups (broad SMARTS) is 1. The number of rotatable bonds is 11. The molecule has 4 rings (SSSR count). The smallest absolute Gasteiger partial charge is 0.303 e. The average Bonchev–Trinajstić information content (AvgIpc) is 3.28. The zero-order valence-electron chi connectivity index (χ0n) is 21.1. The molecule has 2 aliphatic rings. The van der Waals surface area contributed by atoms with E-state index < -0.39 is 5.97 Å². The van der Waals surface area contributed by atoms with Crippen LogP contribution in [0.4, 0.5) is 0 Å². The van der Waals surface area contributed by atoms with Crippen LogP contribution in [0.3, 0.4) is 0 Å². The number of ether oxygens (including phenoxy) is 1. The molecule has 188 valence electrons. The van der Waals surface area contributed by atoms with E-state index in [0.29, 0.717) is 31.1 Å². The predicted molar refractivity (Wildman–Crippen MR) is 142 cm³/mol. The second kappa shape index (κ2) is 13.0. The minimum Gasteiger partial charge on any atom is -0.481 e. The van der Waals surface area contributed by atoms with Crippen molar-refractivity contribution in [1.82, 2.24) is 4.90 Å². The molecule has 0 radical (unpaired) electrons. The molecule has 0 aromatic heterocycles. The Morgan fingerprint density at radius 2 is 1.63 bits per heavy atom. The summed E-state index contributed by atoms with van der Waals surface area (Å²) in [6.45, 7) is 5.46. The van der Waals surface area contributed by atoms with Gasteiger partial charge in [0.05, 0.1) is 12.7 Å². The first-order chi connectivity index (χ1) is 17.1. The highest BCUT2D eigenvalue weighted by Gasteiger charge is 2.40. The highest BCUT2D eigenvalue weighted by atomic mass is 16.5. The molecular formula is C31H41NO3. The van der Waals surface area contributed by atoms with Gasteiger partial charge < -0.3 is 9.84 Å². The Bertz CT molecular complexity index is 931. The van der Waals surface area contributed by atoms with E-state index in [1.165, 1.54) is 49.0 Å². The van der Waals surface area contributed by atoms with Gasteiger partial charge in [0.15, 0.2) is 0 Å². The Kier molecular flexibility index (Phi) is 9.56. The normalized spacial score (nSPS) is 23.7. The number of piperidine rings is 1. The van der Waals surface area contributed by atoms with Crippen molar-refractivity contribution in [3.63, 3.8) is 0 Å². The molecule has 35 heavy (non-hydrogen) atoms. The Balaban J connectivity index is 1.34. The van der Waals surface area contributed by atoms with Gasteiger partial charge in [-0.15, -0.1) is 0 Å². The van der Waals surface area contributed by atoms with Crippen LogP contribution in [0.2, 0.25) is 0 Å². The van der Waals surface area contributed by atoms with Crippen molar-refractivity contribution in [3.05, 3.63) is 72.3 Å². The fourth-order valence-corrected chi connectivity index (χ4v) is 5.77. The lowest BCUT2D eigenvalue weighted by molar-refractivity contribution is -0.136. The molecule has 1 saturated carbocycles. The van der Waals surface area contributed by atoms with Gasteiger partial charge in [-0.1, -0.05) is 73.7 Å². The zero-order chi connectivity index (χ0) is 24.5. The number of nitrogens with zero attached hydrogens (tertiary/aromatic N) is 1. The van der Waals surface area contributed by atoms with Crippen molar-refractivity contribution in [2.24, 2.45) is 11.8 Å². The lowest BCUT2D eigenvalue weighted by Crippen LogP contribution is -2.44. The van der Waals surface area contributed by atoms with E-state index in [-0.39, 0.29) is 6.42 Å². The van der Waals surface area contributed by atoms with Gasteiger partial charge in [0.2, 0.25) is 0 Å². The first kappa shape index (κ1) is 25.7. The molecule has 0 bridgehead atoms. The Morgan fingerprint density at radius 1 is 0.943 bits per heavy atom. The Morgan fingerprint density at radius 3 is 2.34 bits per heavy atom. The van der Waals surface area contributed by atoms with Crippen LogP contribution in [-0.2, 0) is 16.1 Å². The van der Waals surface area contributed by atoms with E-state index in [0.717, 1.165) is 25.2 Å². The summed E-state index contributed by atoms with van der Waals surface area (Å²) in [5.41, 5.74) is 3.71. The topological polar surface area (TPSA) is 49.8 Å². The molecule has 1 saturated heterocycles. The van der Waals surface area contributed by atoms with Gasteiger partial charge in [-0.05, 0) is 80.6 Å². The van der Waals surface area contributed by atoms with E-state index in [1.54, 1.807) is 0 Å². The molecule has 2 fully saturated rings. The Hall–Kier alpha value is -2.43. The van der Waals surface area contributed by atoms with Gasteiger partial charge in [0, 0.05) is 18.4 Å². The predicted octanol–water partition coefficient (Wildman–Crippen LogP) is 6.95. The van der Waals surface area contributed by atoms with E-state index in [2.05, 4.69) is 66.4 Å². The summed E-state index contributed by atoms with van der Waals surface area (Å²) in [4.78, 5) is 13.5. The summed E-state index contributed by atoms with van der Waals surface area (Å²) < 4.78 is 6.57. The fraction of sp³-hybridized carbons (Fsp3) is 0.516. The van der Waals surface area contributed by atoms with Gasteiger partial charge >= 0.3 is 5.97 Å². The minimum atomic E-state index is -0.727. The lowest BCUT2D eigenvalue weighted by atomic mass is 9.91. The molecule has 0 spiro atoms. The van der Waals surface area contributed by atoms with E-state index >= 15 is 0 Å². The number of aliphatic carboxylic acids is 1. The van der Waals surface area contributed by atoms with E-state index in [4.69, 9.17) is 9.84 Å². The van der Waals surface area contributed by atoms with E-state index in [1.807, 2.05) is 12.1 Å². The number of hydrogen-bond acceptors (Lipinski definition) is 3. The summed E-state index contributed by atoms with van der Waals surface area (Å²) in [6.07, 6.45) is 12.4. The van der Waals surface area contributed by atoms with E-state index in [9.17, 15) is 4.79 Å². The lowest BCUT2D eigenvalue weighted by Gasteiger charge is -2.38. The number of likely N-dealkylation sites (tertiary alicyclic amines) is 1. The quantitative estimate of drug-likeness (QED) is 0.357. The number of allylic oxidation sites excluding steroid dienone is 2. The number of benzene rings is 2. The van der Waals surface area contributed by atoms with Crippen molar-refractivity contribution < 1.29 is 14.6 Å². The molecule has 1 aliphatic carbocycles. The highest BCUT2D eigenvalue weighted by Crippen LogP contribution is 2.38. The molecule has 0 unspecified atom stereocenters. The molecule has 1 heterocycles. The molecule has 4 nitrogen and oxygen atoms in total. The maximum absolute atomic E-state index is 10.7. The molecule has 1 N–H and O–H groups in total. The molecule has 2 aromatic carbocycles. The van der Waals surface area contributed by atoms with Crippen molar-refractivity contribution in [1.29, 1.82) is 0 Å². The van der Waals surface area contributed by atoms with Crippen LogP contribution in [0.25, 0.3) is 11.1 Å². The molecule has 2 aromatic rings. The third kappa shape index (κ3) is 7.52. The summed E-state index contributed by atoms with van der Waals surface area (Å²) in [5, 5.41) is 8.85. The van der Waals surface area contributed by atoms with Crippen LogP contribution in [0, 0.1) is 11.8 Å².